The number of imide groups is 1. The third-order valence-corrected chi connectivity index (χ3v) is 3.09. The summed E-state index contributed by atoms with van der Waals surface area (Å²) in [7, 11) is 1.57. The van der Waals surface area contributed by atoms with Crippen molar-refractivity contribution in [1.82, 2.24) is 15.1 Å². The quantitative estimate of drug-likeness (QED) is 0.614. The fourth-order valence-electron chi connectivity index (χ4n) is 1.86. The van der Waals surface area contributed by atoms with Crippen LogP contribution >= 0.6 is 0 Å². The second-order valence-corrected chi connectivity index (χ2v) is 4.64. The van der Waals surface area contributed by atoms with Crippen LogP contribution in [0.3, 0.4) is 0 Å². The van der Waals surface area contributed by atoms with Gasteiger partial charge in [-0.1, -0.05) is 6.92 Å². The molecule has 0 bridgehead atoms. The van der Waals surface area contributed by atoms with Crippen molar-refractivity contribution in [1.29, 1.82) is 0 Å². The predicted molar refractivity (Wildman–Crippen MR) is 68.3 cm³/mol. The van der Waals surface area contributed by atoms with Crippen molar-refractivity contribution in [3.63, 3.8) is 0 Å². The summed E-state index contributed by atoms with van der Waals surface area (Å²) in [6.45, 7) is 2.15. The van der Waals surface area contributed by atoms with E-state index >= 15 is 0 Å². The van der Waals surface area contributed by atoms with Gasteiger partial charge in [0.2, 0.25) is 11.8 Å². The molecule has 0 aromatic carbocycles. The Balaban J connectivity index is 2.29. The SMILES string of the molecule is CCC(CO)NC(=O)CCCN1C(=O)CN(C)C1=O. The molecule has 7 nitrogen and oxygen atoms in total. The van der Waals surface area contributed by atoms with Gasteiger partial charge in [-0.05, 0) is 12.8 Å². The molecule has 1 atom stereocenters. The van der Waals surface area contributed by atoms with Crippen LogP contribution in [0.2, 0.25) is 0 Å². The van der Waals surface area contributed by atoms with Gasteiger partial charge in [0, 0.05) is 20.0 Å². The zero-order valence-electron chi connectivity index (χ0n) is 11.4. The molecule has 1 rings (SSSR count). The van der Waals surface area contributed by atoms with Crippen molar-refractivity contribution in [2.45, 2.75) is 32.2 Å². The van der Waals surface area contributed by atoms with Crippen LogP contribution in [-0.4, -0.2) is 65.5 Å². The van der Waals surface area contributed by atoms with Gasteiger partial charge in [-0.25, -0.2) is 4.79 Å². The van der Waals surface area contributed by atoms with Crippen LogP contribution in [0.15, 0.2) is 0 Å². The van der Waals surface area contributed by atoms with E-state index < -0.39 is 0 Å². The number of likely N-dealkylation sites (N-methyl/N-ethyl adjacent to an activating group) is 1. The molecule has 0 radical (unpaired) electrons. The van der Waals surface area contributed by atoms with E-state index in [0.717, 1.165) is 4.90 Å². The Morgan fingerprint density at radius 1 is 1.47 bits per heavy atom. The Morgan fingerprint density at radius 3 is 2.63 bits per heavy atom. The van der Waals surface area contributed by atoms with Gasteiger partial charge >= 0.3 is 6.03 Å². The highest BCUT2D eigenvalue weighted by atomic mass is 16.3. The van der Waals surface area contributed by atoms with Gasteiger partial charge in [0.25, 0.3) is 0 Å². The molecule has 0 aromatic heterocycles. The molecule has 4 amide bonds. The van der Waals surface area contributed by atoms with Crippen molar-refractivity contribution < 1.29 is 19.5 Å². The molecular formula is C12H21N3O4. The van der Waals surface area contributed by atoms with E-state index in [4.69, 9.17) is 5.11 Å². The number of nitrogens with one attached hydrogen (secondary N) is 1. The summed E-state index contributed by atoms with van der Waals surface area (Å²) in [4.78, 5) is 37.1. The number of amides is 4. The lowest BCUT2D eigenvalue weighted by atomic mass is 10.2. The minimum Gasteiger partial charge on any atom is -0.394 e. The zero-order valence-corrected chi connectivity index (χ0v) is 11.4. The highest BCUT2D eigenvalue weighted by Gasteiger charge is 2.32. The molecule has 0 aromatic rings. The molecule has 1 unspecified atom stereocenters. The molecule has 1 aliphatic rings. The summed E-state index contributed by atoms with van der Waals surface area (Å²) in [6, 6.07) is -0.541. The summed E-state index contributed by atoms with van der Waals surface area (Å²) in [5.41, 5.74) is 0. The number of hydrogen-bond donors (Lipinski definition) is 2. The minimum absolute atomic E-state index is 0.0872. The molecule has 108 valence electrons. The lowest BCUT2D eigenvalue weighted by molar-refractivity contribution is -0.126. The van der Waals surface area contributed by atoms with E-state index in [1.165, 1.54) is 4.90 Å². The van der Waals surface area contributed by atoms with Crippen molar-refractivity contribution in [2.24, 2.45) is 0 Å². The van der Waals surface area contributed by atoms with Crippen LogP contribution in [0, 0.1) is 0 Å². The number of carbonyl (C=O) groups is 3. The Bertz CT molecular complexity index is 355. The van der Waals surface area contributed by atoms with E-state index in [9.17, 15) is 14.4 Å². The Hall–Kier alpha value is -1.63. The fraction of sp³-hybridized carbons (Fsp3) is 0.750. The predicted octanol–water partition coefficient (Wildman–Crippen LogP) is -0.452. The van der Waals surface area contributed by atoms with Crippen LogP contribution in [0.5, 0.6) is 0 Å². The maximum absolute atomic E-state index is 11.6. The van der Waals surface area contributed by atoms with E-state index in [2.05, 4.69) is 5.32 Å². The third kappa shape index (κ3) is 4.20. The van der Waals surface area contributed by atoms with E-state index in [-0.39, 0.29) is 50.0 Å². The standard InChI is InChI=1S/C12H21N3O4/c1-3-9(8-16)13-10(17)5-4-6-15-11(18)7-14(2)12(15)19/h9,16H,3-8H2,1-2H3,(H,13,17). The van der Waals surface area contributed by atoms with Gasteiger partial charge in [0.15, 0.2) is 0 Å². The molecule has 0 spiro atoms. The lowest BCUT2D eigenvalue weighted by Gasteiger charge is -2.16. The summed E-state index contributed by atoms with van der Waals surface area (Å²) in [5.74, 6) is -0.400. The molecule has 1 fully saturated rings. The Morgan fingerprint density at radius 2 is 2.16 bits per heavy atom. The number of nitrogens with zero attached hydrogens (tertiary/aromatic N) is 2. The smallest absolute Gasteiger partial charge is 0.326 e. The number of urea groups is 1. The largest absolute Gasteiger partial charge is 0.394 e. The number of hydrogen-bond acceptors (Lipinski definition) is 4. The lowest BCUT2D eigenvalue weighted by Crippen LogP contribution is -2.37. The number of carbonyl (C=O) groups excluding carboxylic acids is 3. The molecule has 2 N–H and O–H groups in total. The number of aliphatic hydroxyl groups is 1. The molecule has 0 aliphatic carbocycles. The van der Waals surface area contributed by atoms with Crippen LogP contribution < -0.4 is 5.32 Å². The van der Waals surface area contributed by atoms with Crippen molar-refractivity contribution in [3.8, 4) is 0 Å². The van der Waals surface area contributed by atoms with Gasteiger partial charge in [-0.3, -0.25) is 14.5 Å². The van der Waals surface area contributed by atoms with E-state index in [1.54, 1.807) is 7.05 Å². The first-order chi connectivity index (χ1) is 8.99. The summed E-state index contributed by atoms with van der Waals surface area (Å²) in [6.07, 6.45) is 1.33. The summed E-state index contributed by atoms with van der Waals surface area (Å²) < 4.78 is 0. The summed E-state index contributed by atoms with van der Waals surface area (Å²) >= 11 is 0. The highest BCUT2D eigenvalue weighted by molar-refractivity contribution is 6.01. The minimum atomic E-state index is -0.313. The molecule has 0 saturated carbocycles. The zero-order chi connectivity index (χ0) is 14.4. The molecule has 1 heterocycles. The van der Waals surface area contributed by atoms with E-state index in [0.29, 0.717) is 12.8 Å². The van der Waals surface area contributed by atoms with Gasteiger partial charge in [-0.15, -0.1) is 0 Å². The normalized spacial score (nSPS) is 17.0. The molecule has 19 heavy (non-hydrogen) atoms. The monoisotopic (exact) mass is 271 g/mol. The van der Waals surface area contributed by atoms with Gasteiger partial charge in [0.1, 0.15) is 6.54 Å². The highest BCUT2D eigenvalue weighted by Crippen LogP contribution is 2.09. The second kappa shape index (κ2) is 7.08. The van der Waals surface area contributed by atoms with Crippen LogP contribution in [-0.2, 0) is 9.59 Å². The third-order valence-electron chi connectivity index (χ3n) is 3.09. The van der Waals surface area contributed by atoms with Crippen LogP contribution in [0.4, 0.5) is 4.79 Å². The number of rotatable bonds is 7. The second-order valence-electron chi connectivity index (χ2n) is 4.64. The van der Waals surface area contributed by atoms with Crippen LogP contribution in [0.25, 0.3) is 0 Å². The Labute approximate surface area is 112 Å². The number of aliphatic hydroxyl groups excluding tert-OH is 1. The summed E-state index contributed by atoms with van der Waals surface area (Å²) in [5, 5.41) is 11.6. The van der Waals surface area contributed by atoms with Crippen LogP contribution in [0.1, 0.15) is 26.2 Å². The molecular weight excluding hydrogens is 250 g/mol. The van der Waals surface area contributed by atoms with Crippen molar-refractivity contribution in [3.05, 3.63) is 0 Å². The molecule has 7 heteroatoms. The first-order valence-electron chi connectivity index (χ1n) is 6.45. The average molecular weight is 271 g/mol. The fourth-order valence-corrected chi connectivity index (χ4v) is 1.86. The Kier molecular flexibility index (Phi) is 5.75. The van der Waals surface area contributed by atoms with Gasteiger partial charge in [-0.2, -0.15) is 0 Å². The molecule has 1 aliphatic heterocycles. The first-order valence-corrected chi connectivity index (χ1v) is 6.45. The van der Waals surface area contributed by atoms with Gasteiger partial charge < -0.3 is 15.3 Å². The topological polar surface area (TPSA) is 89.9 Å². The van der Waals surface area contributed by atoms with E-state index in [1.807, 2.05) is 6.92 Å². The van der Waals surface area contributed by atoms with Gasteiger partial charge in [0.05, 0.1) is 12.6 Å². The van der Waals surface area contributed by atoms with Crippen molar-refractivity contribution >= 4 is 17.8 Å². The maximum Gasteiger partial charge on any atom is 0.326 e. The van der Waals surface area contributed by atoms with Crippen molar-refractivity contribution in [2.75, 3.05) is 26.7 Å². The average Bonchev–Trinajstić information content (AvgIpc) is 2.62. The first kappa shape index (κ1) is 15.4. The molecule has 1 saturated heterocycles. The maximum atomic E-state index is 11.6.